The molecule has 6 nitrogen and oxygen atoms in total. The highest BCUT2D eigenvalue weighted by atomic mass is 16.2. The third-order valence-electron chi connectivity index (χ3n) is 5.38. The monoisotopic (exact) mass is 381 g/mol. The molecule has 0 atom stereocenters. The van der Waals surface area contributed by atoms with Crippen LogP contribution in [0.3, 0.4) is 0 Å². The van der Waals surface area contributed by atoms with Crippen LogP contribution in [0.25, 0.3) is 0 Å². The maximum atomic E-state index is 12.0. The van der Waals surface area contributed by atoms with E-state index in [4.69, 9.17) is 0 Å². The maximum Gasteiger partial charge on any atom is 0.319 e. The van der Waals surface area contributed by atoms with E-state index in [-0.39, 0.29) is 6.03 Å². The van der Waals surface area contributed by atoms with Crippen LogP contribution in [-0.2, 0) is 6.42 Å². The number of hydrogen-bond acceptors (Lipinski definition) is 4. The number of likely N-dealkylation sites (tertiary alicyclic amines) is 1. The average molecular weight is 382 g/mol. The van der Waals surface area contributed by atoms with Gasteiger partial charge in [-0.15, -0.1) is 0 Å². The van der Waals surface area contributed by atoms with Gasteiger partial charge in [-0.05, 0) is 56.3 Å². The Morgan fingerprint density at radius 1 is 1.18 bits per heavy atom. The molecule has 28 heavy (non-hydrogen) atoms. The van der Waals surface area contributed by atoms with E-state index in [9.17, 15) is 4.79 Å². The smallest absolute Gasteiger partial charge is 0.319 e. The number of rotatable bonds is 8. The Bertz CT molecular complexity index is 729. The summed E-state index contributed by atoms with van der Waals surface area (Å²) in [6, 6.07) is 14.2. The first kappa shape index (κ1) is 20.1. The molecule has 3 rings (SSSR count). The molecule has 0 unspecified atom stereocenters. The lowest BCUT2D eigenvalue weighted by molar-refractivity contribution is 0.180. The minimum absolute atomic E-state index is 0.175. The highest BCUT2D eigenvalue weighted by molar-refractivity contribution is 5.89. The first-order chi connectivity index (χ1) is 13.7. The van der Waals surface area contributed by atoms with Gasteiger partial charge >= 0.3 is 6.03 Å². The predicted octanol–water partition coefficient (Wildman–Crippen LogP) is 3.59. The molecule has 1 aliphatic rings. The molecule has 2 amide bonds. The molecule has 0 bridgehead atoms. The van der Waals surface area contributed by atoms with Crippen molar-refractivity contribution in [3.63, 3.8) is 0 Å². The van der Waals surface area contributed by atoms with Crippen LogP contribution in [0.5, 0.6) is 0 Å². The molecule has 0 saturated carbocycles. The van der Waals surface area contributed by atoms with E-state index in [1.807, 2.05) is 0 Å². The second kappa shape index (κ2) is 10.7. The lowest BCUT2D eigenvalue weighted by Gasteiger charge is -2.32. The number of urea groups is 1. The van der Waals surface area contributed by atoms with Gasteiger partial charge in [-0.25, -0.2) is 9.78 Å². The summed E-state index contributed by atoms with van der Waals surface area (Å²) >= 11 is 0. The largest absolute Gasteiger partial charge is 0.373 e. The zero-order chi connectivity index (χ0) is 19.6. The fraction of sp³-hybridized carbons (Fsp3) is 0.455. The van der Waals surface area contributed by atoms with Gasteiger partial charge in [-0.3, -0.25) is 0 Å². The number of piperidine rings is 1. The fourth-order valence-corrected chi connectivity index (χ4v) is 3.66. The number of benzene rings is 1. The molecule has 2 aromatic rings. The number of carbonyl (C=O) groups excluding carboxylic acids is 1. The summed E-state index contributed by atoms with van der Waals surface area (Å²) in [5, 5.41) is 8.75. The normalized spacial score (nSPS) is 15.2. The Balaban J connectivity index is 1.29. The standard InChI is InChI=1S/C22H31N5O/c1-23-21-17-20(9-12-24-21)26-22(28)25-13-16-27-14-10-19(11-15-27)8-7-18-5-3-2-4-6-18/h2-6,9,12,17,19H,7-8,10-11,13-16H2,1H3,(H3,23,24,25,26,28). The van der Waals surface area contributed by atoms with Gasteiger partial charge in [0.2, 0.25) is 0 Å². The lowest BCUT2D eigenvalue weighted by atomic mass is 9.90. The summed E-state index contributed by atoms with van der Waals surface area (Å²) in [5.74, 6) is 1.55. The van der Waals surface area contributed by atoms with E-state index >= 15 is 0 Å². The summed E-state index contributed by atoms with van der Waals surface area (Å²) in [6.45, 7) is 3.80. The Labute approximate surface area is 167 Å². The van der Waals surface area contributed by atoms with Gasteiger partial charge in [0, 0.05) is 38.1 Å². The Kier molecular flexibility index (Phi) is 7.67. The minimum Gasteiger partial charge on any atom is -0.373 e. The molecule has 150 valence electrons. The van der Waals surface area contributed by atoms with Crippen molar-refractivity contribution in [2.24, 2.45) is 5.92 Å². The van der Waals surface area contributed by atoms with Gasteiger partial charge in [-0.1, -0.05) is 30.3 Å². The summed E-state index contributed by atoms with van der Waals surface area (Å²) in [7, 11) is 1.80. The number of carbonyl (C=O) groups is 1. The second-order valence-electron chi connectivity index (χ2n) is 7.37. The van der Waals surface area contributed by atoms with Gasteiger partial charge in [-0.2, -0.15) is 0 Å². The van der Waals surface area contributed by atoms with Crippen LogP contribution < -0.4 is 16.0 Å². The summed E-state index contributed by atoms with van der Waals surface area (Å²) in [6.07, 6.45) is 6.63. The number of hydrogen-bond donors (Lipinski definition) is 3. The van der Waals surface area contributed by atoms with E-state index in [0.717, 1.165) is 37.1 Å². The van der Waals surface area contributed by atoms with Crippen molar-refractivity contribution in [2.45, 2.75) is 25.7 Å². The van der Waals surface area contributed by atoms with E-state index in [1.165, 1.54) is 31.2 Å². The number of aromatic nitrogens is 1. The number of amides is 2. The summed E-state index contributed by atoms with van der Waals surface area (Å²) in [4.78, 5) is 18.6. The molecule has 3 N–H and O–H groups in total. The van der Waals surface area contributed by atoms with Crippen molar-refractivity contribution in [3.8, 4) is 0 Å². The molecule has 1 aromatic heterocycles. The first-order valence-electron chi connectivity index (χ1n) is 10.2. The zero-order valence-electron chi connectivity index (χ0n) is 16.7. The van der Waals surface area contributed by atoms with Gasteiger partial charge in [0.05, 0.1) is 0 Å². The number of nitrogens with one attached hydrogen (secondary N) is 3. The van der Waals surface area contributed by atoms with E-state index in [2.05, 4.69) is 56.2 Å². The van der Waals surface area contributed by atoms with Gasteiger partial charge in [0.1, 0.15) is 5.82 Å². The molecule has 1 fully saturated rings. The van der Waals surface area contributed by atoms with Gasteiger partial charge in [0.15, 0.2) is 0 Å². The first-order valence-corrected chi connectivity index (χ1v) is 10.2. The number of aryl methyl sites for hydroxylation is 1. The molecule has 1 aliphatic heterocycles. The maximum absolute atomic E-state index is 12.0. The molecule has 1 aromatic carbocycles. The van der Waals surface area contributed by atoms with Crippen molar-refractivity contribution in [3.05, 3.63) is 54.2 Å². The van der Waals surface area contributed by atoms with Crippen LogP contribution in [0.1, 0.15) is 24.8 Å². The third-order valence-corrected chi connectivity index (χ3v) is 5.38. The Morgan fingerprint density at radius 3 is 2.71 bits per heavy atom. The van der Waals surface area contributed by atoms with E-state index in [1.54, 1.807) is 25.4 Å². The van der Waals surface area contributed by atoms with Crippen molar-refractivity contribution in [2.75, 3.05) is 43.9 Å². The Morgan fingerprint density at radius 2 is 1.96 bits per heavy atom. The number of anilines is 2. The van der Waals surface area contributed by atoms with Crippen LogP contribution in [0.2, 0.25) is 0 Å². The highest BCUT2D eigenvalue weighted by Gasteiger charge is 2.18. The van der Waals surface area contributed by atoms with Crippen molar-refractivity contribution < 1.29 is 4.79 Å². The van der Waals surface area contributed by atoms with Gasteiger partial charge < -0.3 is 20.9 Å². The summed E-state index contributed by atoms with van der Waals surface area (Å²) < 4.78 is 0. The van der Waals surface area contributed by atoms with Crippen LogP contribution in [0, 0.1) is 5.92 Å². The van der Waals surface area contributed by atoms with Crippen LogP contribution >= 0.6 is 0 Å². The van der Waals surface area contributed by atoms with E-state index in [0.29, 0.717) is 6.54 Å². The topological polar surface area (TPSA) is 69.3 Å². The third kappa shape index (κ3) is 6.53. The molecular formula is C22H31N5O. The average Bonchev–Trinajstić information content (AvgIpc) is 2.74. The molecule has 6 heteroatoms. The zero-order valence-corrected chi connectivity index (χ0v) is 16.7. The molecule has 0 spiro atoms. The molecule has 1 saturated heterocycles. The number of nitrogens with zero attached hydrogens (tertiary/aromatic N) is 2. The molecule has 0 radical (unpaired) electrons. The van der Waals surface area contributed by atoms with Crippen LogP contribution in [0.4, 0.5) is 16.3 Å². The van der Waals surface area contributed by atoms with Gasteiger partial charge in [0.25, 0.3) is 0 Å². The highest BCUT2D eigenvalue weighted by Crippen LogP contribution is 2.22. The molecular weight excluding hydrogens is 350 g/mol. The van der Waals surface area contributed by atoms with Crippen molar-refractivity contribution in [1.29, 1.82) is 0 Å². The van der Waals surface area contributed by atoms with E-state index < -0.39 is 0 Å². The Hall–Kier alpha value is -2.60. The SMILES string of the molecule is CNc1cc(NC(=O)NCCN2CCC(CCc3ccccc3)CC2)ccn1. The second-order valence-corrected chi connectivity index (χ2v) is 7.37. The summed E-state index contributed by atoms with van der Waals surface area (Å²) in [5.41, 5.74) is 2.17. The fourth-order valence-electron chi connectivity index (χ4n) is 3.66. The molecule has 0 aliphatic carbocycles. The van der Waals surface area contributed by atoms with Crippen LogP contribution in [-0.4, -0.2) is 49.1 Å². The van der Waals surface area contributed by atoms with Crippen LogP contribution in [0.15, 0.2) is 48.7 Å². The molecule has 2 heterocycles. The minimum atomic E-state index is -0.175. The van der Waals surface area contributed by atoms with Crippen molar-refractivity contribution >= 4 is 17.5 Å². The quantitative estimate of drug-likeness (QED) is 0.654. The predicted molar refractivity (Wildman–Crippen MR) is 115 cm³/mol. The number of pyridine rings is 1. The lowest BCUT2D eigenvalue weighted by Crippen LogP contribution is -2.40. The van der Waals surface area contributed by atoms with Crippen molar-refractivity contribution in [1.82, 2.24) is 15.2 Å².